The first kappa shape index (κ1) is 15.4. The molecule has 4 heteroatoms. The fourth-order valence-corrected chi connectivity index (χ4v) is 2.45. The number of methoxy groups -OCH3 is 1. The van der Waals surface area contributed by atoms with Gasteiger partial charge in [-0.15, -0.1) is 0 Å². The van der Waals surface area contributed by atoms with Crippen LogP contribution in [0, 0.1) is 5.92 Å². The van der Waals surface area contributed by atoms with Crippen LogP contribution >= 0.6 is 0 Å². The molecule has 0 aromatic carbocycles. The predicted molar refractivity (Wildman–Crippen MR) is 71.3 cm³/mol. The minimum Gasteiger partial charge on any atom is -0.394 e. The van der Waals surface area contributed by atoms with E-state index in [0.29, 0.717) is 12.3 Å². The Hall–Kier alpha value is -0.610. The number of carbonyl (C=O) groups excluding carboxylic acids is 1. The van der Waals surface area contributed by atoms with E-state index < -0.39 is 0 Å². The number of hydrogen-bond acceptors (Lipinski definition) is 3. The fraction of sp³-hybridized carbons (Fsp3) is 0.929. The van der Waals surface area contributed by atoms with Gasteiger partial charge < -0.3 is 15.2 Å². The van der Waals surface area contributed by atoms with Crippen LogP contribution in [0.3, 0.4) is 0 Å². The number of ether oxygens (including phenoxy) is 1. The van der Waals surface area contributed by atoms with Crippen LogP contribution in [0.1, 0.15) is 52.4 Å². The minimum atomic E-state index is -0.375. The Morgan fingerprint density at radius 3 is 2.61 bits per heavy atom. The SMILES string of the molecule is COC(C)CCC(=O)NC1(CO)CCC(C)CC1. The number of carbonyl (C=O) groups is 1. The predicted octanol–water partition coefficient (Wildman–Crippen LogP) is 1.86. The highest BCUT2D eigenvalue weighted by Crippen LogP contribution is 2.31. The average molecular weight is 257 g/mol. The Morgan fingerprint density at radius 1 is 1.50 bits per heavy atom. The molecule has 0 aliphatic heterocycles. The second kappa shape index (κ2) is 7.10. The van der Waals surface area contributed by atoms with Gasteiger partial charge in [-0.25, -0.2) is 0 Å². The van der Waals surface area contributed by atoms with Gasteiger partial charge in [0.1, 0.15) is 0 Å². The molecule has 1 unspecified atom stereocenters. The van der Waals surface area contributed by atoms with Crippen molar-refractivity contribution in [3.05, 3.63) is 0 Å². The maximum absolute atomic E-state index is 11.9. The molecule has 1 aliphatic carbocycles. The molecular weight excluding hydrogens is 230 g/mol. The summed E-state index contributed by atoms with van der Waals surface area (Å²) in [5.74, 6) is 0.734. The monoisotopic (exact) mass is 257 g/mol. The first-order chi connectivity index (χ1) is 8.51. The molecule has 2 N–H and O–H groups in total. The number of aliphatic hydroxyl groups is 1. The van der Waals surface area contributed by atoms with E-state index in [0.717, 1.165) is 32.1 Å². The number of nitrogens with one attached hydrogen (secondary N) is 1. The van der Waals surface area contributed by atoms with Crippen LogP contribution in [0.25, 0.3) is 0 Å². The lowest BCUT2D eigenvalue weighted by atomic mass is 9.77. The molecule has 1 fully saturated rings. The standard InChI is InChI=1S/C14H27NO3/c1-11-6-8-14(10-16,9-7-11)15-13(17)5-4-12(2)18-3/h11-12,16H,4-10H2,1-3H3,(H,15,17). The quantitative estimate of drug-likeness (QED) is 0.763. The molecule has 0 aromatic rings. The third-order valence-electron chi connectivity index (χ3n) is 4.12. The van der Waals surface area contributed by atoms with E-state index in [-0.39, 0.29) is 24.2 Å². The van der Waals surface area contributed by atoms with Gasteiger partial charge in [-0.05, 0) is 44.9 Å². The first-order valence-electron chi connectivity index (χ1n) is 6.96. The molecule has 18 heavy (non-hydrogen) atoms. The van der Waals surface area contributed by atoms with Crippen molar-refractivity contribution in [1.29, 1.82) is 0 Å². The number of amides is 1. The van der Waals surface area contributed by atoms with Crippen molar-refractivity contribution in [2.45, 2.75) is 64.0 Å². The summed E-state index contributed by atoms with van der Waals surface area (Å²) in [5, 5.41) is 12.6. The van der Waals surface area contributed by atoms with Crippen molar-refractivity contribution in [3.8, 4) is 0 Å². The van der Waals surface area contributed by atoms with E-state index in [2.05, 4.69) is 12.2 Å². The highest BCUT2D eigenvalue weighted by atomic mass is 16.5. The Kier molecular flexibility index (Phi) is 6.09. The van der Waals surface area contributed by atoms with Crippen molar-refractivity contribution >= 4 is 5.91 Å². The zero-order valence-corrected chi connectivity index (χ0v) is 11.9. The maximum Gasteiger partial charge on any atom is 0.220 e. The van der Waals surface area contributed by atoms with Crippen molar-refractivity contribution < 1.29 is 14.6 Å². The van der Waals surface area contributed by atoms with Crippen LogP contribution in [0.2, 0.25) is 0 Å². The number of hydrogen-bond donors (Lipinski definition) is 2. The molecule has 0 aromatic heterocycles. The summed E-state index contributed by atoms with van der Waals surface area (Å²) in [7, 11) is 1.65. The lowest BCUT2D eigenvalue weighted by Gasteiger charge is -2.38. The Bertz CT molecular complexity index is 260. The second-order valence-corrected chi connectivity index (χ2v) is 5.75. The summed E-state index contributed by atoms with van der Waals surface area (Å²) in [6.07, 6.45) is 5.22. The lowest BCUT2D eigenvalue weighted by molar-refractivity contribution is -0.125. The van der Waals surface area contributed by atoms with Crippen LogP contribution in [-0.2, 0) is 9.53 Å². The molecule has 1 aliphatic rings. The third-order valence-corrected chi connectivity index (χ3v) is 4.12. The van der Waals surface area contributed by atoms with Crippen molar-refractivity contribution in [1.82, 2.24) is 5.32 Å². The highest BCUT2D eigenvalue weighted by molar-refractivity contribution is 5.76. The average Bonchev–Trinajstić information content (AvgIpc) is 2.39. The van der Waals surface area contributed by atoms with Gasteiger partial charge in [0.05, 0.1) is 18.2 Å². The molecule has 1 atom stereocenters. The third kappa shape index (κ3) is 4.58. The van der Waals surface area contributed by atoms with E-state index in [9.17, 15) is 9.90 Å². The molecular formula is C14H27NO3. The first-order valence-corrected chi connectivity index (χ1v) is 6.96. The molecule has 4 nitrogen and oxygen atoms in total. The molecule has 0 heterocycles. The number of aliphatic hydroxyl groups excluding tert-OH is 1. The molecule has 0 saturated heterocycles. The van der Waals surface area contributed by atoms with Gasteiger partial charge in [-0.3, -0.25) is 4.79 Å². The van der Waals surface area contributed by atoms with Crippen molar-refractivity contribution in [3.63, 3.8) is 0 Å². The van der Waals surface area contributed by atoms with Crippen LogP contribution in [0.15, 0.2) is 0 Å². The molecule has 1 rings (SSSR count). The normalized spacial score (nSPS) is 29.9. The molecule has 0 spiro atoms. The Labute approximate surface area is 110 Å². The van der Waals surface area contributed by atoms with E-state index in [1.165, 1.54) is 0 Å². The summed E-state index contributed by atoms with van der Waals surface area (Å²) in [5.41, 5.74) is -0.375. The van der Waals surface area contributed by atoms with Crippen LogP contribution in [0.4, 0.5) is 0 Å². The smallest absolute Gasteiger partial charge is 0.220 e. The van der Waals surface area contributed by atoms with Gasteiger partial charge in [0.15, 0.2) is 0 Å². The van der Waals surface area contributed by atoms with E-state index >= 15 is 0 Å². The van der Waals surface area contributed by atoms with Gasteiger partial charge in [-0.1, -0.05) is 6.92 Å². The van der Waals surface area contributed by atoms with Crippen LogP contribution < -0.4 is 5.32 Å². The van der Waals surface area contributed by atoms with E-state index in [1.54, 1.807) is 7.11 Å². The zero-order chi connectivity index (χ0) is 13.6. The summed E-state index contributed by atoms with van der Waals surface area (Å²) < 4.78 is 5.13. The topological polar surface area (TPSA) is 58.6 Å². The summed E-state index contributed by atoms with van der Waals surface area (Å²) in [6.45, 7) is 4.23. The van der Waals surface area contributed by atoms with Crippen molar-refractivity contribution in [2.24, 2.45) is 5.92 Å². The molecule has 1 amide bonds. The summed E-state index contributed by atoms with van der Waals surface area (Å²) in [6, 6.07) is 0. The van der Waals surface area contributed by atoms with Crippen LogP contribution in [0.5, 0.6) is 0 Å². The molecule has 1 saturated carbocycles. The largest absolute Gasteiger partial charge is 0.394 e. The van der Waals surface area contributed by atoms with Gasteiger partial charge >= 0.3 is 0 Å². The highest BCUT2D eigenvalue weighted by Gasteiger charge is 2.34. The molecule has 106 valence electrons. The molecule has 0 radical (unpaired) electrons. The van der Waals surface area contributed by atoms with Crippen LogP contribution in [-0.4, -0.2) is 36.4 Å². The van der Waals surface area contributed by atoms with Gasteiger partial charge in [-0.2, -0.15) is 0 Å². The summed E-state index contributed by atoms with van der Waals surface area (Å²) in [4.78, 5) is 11.9. The Morgan fingerprint density at radius 2 is 2.11 bits per heavy atom. The Balaban J connectivity index is 2.40. The minimum absolute atomic E-state index is 0.0301. The lowest BCUT2D eigenvalue weighted by Crippen LogP contribution is -2.53. The van der Waals surface area contributed by atoms with Gasteiger partial charge in [0, 0.05) is 13.5 Å². The summed E-state index contributed by atoms with van der Waals surface area (Å²) >= 11 is 0. The maximum atomic E-state index is 11.9. The van der Waals surface area contributed by atoms with Gasteiger partial charge in [0.2, 0.25) is 5.91 Å². The van der Waals surface area contributed by atoms with Crippen molar-refractivity contribution in [2.75, 3.05) is 13.7 Å². The second-order valence-electron chi connectivity index (χ2n) is 5.75. The molecule has 0 bridgehead atoms. The van der Waals surface area contributed by atoms with Gasteiger partial charge in [0.25, 0.3) is 0 Å². The fourth-order valence-electron chi connectivity index (χ4n) is 2.45. The number of rotatable bonds is 6. The zero-order valence-electron chi connectivity index (χ0n) is 11.9. The van der Waals surface area contributed by atoms with E-state index in [4.69, 9.17) is 4.74 Å². The van der Waals surface area contributed by atoms with E-state index in [1.807, 2.05) is 6.92 Å².